The summed E-state index contributed by atoms with van der Waals surface area (Å²) in [6, 6.07) is 0. The van der Waals surface area contributed by atoms with Crippen molar-refractivity contribution < 1.29 is 0 Å². The van der Waals surface area contributed by atoms with Gasteiger partial charge in [-0.3, -0.25) is 14.0 Å². The van der Waals surface area contributed by atoms with E-state index in [-0.39, 0.29) is 0 Å². The number of thiocarbonyl (C=S) groups is 1. The summed E-state index contributed by atoms with van der Waals surface area (Å²) >= 11 is 11.5. The molecule has 0 unspecified atom stereocenters. The largest absolute Gasteiger partial charge is 0.357 e. The molecule has 3 rings (SSSR count). The van der Waals surface area contributed by atoms with Crippen molar-refractivity contribution in [1.29, 1.82) is 0 Å². The Labute approximate surface area is 168 Å². The number of rotatable bonds is 7. The molecule has 10 heteroatoms. The summed E-state index contributed by atoms with van der Waals surface area (Å²) in [5, 5.41) is 20.5. The number of aryl methyl sites for hydroxylation is 2. The lowest BCUT2D eigenvalue weighted by molar-refractivity contribution is 0.633. The van der Waals surface area contributed by atoms with E-state index in [9.17, 15) is 0 Å². The van der Waals surface area contributed by atoms with Gasteiger partial charge in [-0.1, -0.05) is 11.6 Å². The molecule has 27 heavy (non-hydrogen) atoms. The first-order chi connectivity index (χ1) is 13.0. The molecule has 3 aromatic heterocycles. The van der Waals surface area contributed by atoms with Crippen molar-refractivity contribution in [1.82, 2.24) is 34.7 Å². The lowest BCUT2D eigenvalue weighted by atomic mass is 10.2. The molecular weight excluding hydrogens is 384 g/mol. The van der Waals surface area contributed by atoms with E-state index in [2.05, 4.69) is 39.8 Å². The number of aromatic nitrogens is 6. The van der Waals surface area contributed by atoms with Crippen LogP contribution in [0.4, 0.5) is 5.69 Å². The lowest BCUT2D eigenvalue weighted by Gasteiger charge is -2.07. The van der Waals surface area contributed by atoms with Gasteiger partial charge in [0, 0.05) is 36.7 Å². The highest BCUT2D eigenvalue weighted by atomic mass is 35.5. The van der Waals surface area contributed by atoms with Crippen LogP contribution in [0.15, 0.2) is 24.8 Å². The number of halogens is 1. The van der Waals surface area contributed by atoms with Gasteiger partial charge in [-0.05, 0) is 33.0 Å². The second kappa shape index (κ2) is 8.53. The monoisotopic (exact) mass is 406 g/mol. The fourth-order valence-electron chi connectivity index (χ4n) is 2.71. The molecule has 0 fully saturated rings. The van der Waals surface area contributed by atoms with Crippen molar-refractivity contribution in [3.63, 3.8) is 0 Å². The van der Waals surface area contributed by atoms with Crippen LogP contribution >= 0.6 is 23.8 Å². The Kier molecular flexibility index (Phi) is 6.12. The second-order valence-electron chi connectivity index (χ2n) is 6.08. The summed E-state index contributed by atoms with van der Waals surface area (Å²) < 4.78 is 5.62. The molecule has 0 radical (unpaired) electrons. The Hall–Kier alpha value is -2.39. The predicted octanol–water partition coefficient (Wildman–Crippen LogP) is 2.81. The molecule has 3 aromatic rings. The second-order valence-corrected chi connectivity index (χ2v) is 6.90. The smallest absolute Gasteiger partial charge is 0.171 e. The maximum atomic E-state index is 6.17. The van der Waals surface area contributed by atoms with Crippen LogP contribution < -0.4 is 10.6 Å². The van der Waals surface area contributed by atoms with Gasteiger partial charge in [-0.25, -0.2) is 0 Å². The number of nitrogens with zero attached hydrogens (tertiary/aromatic N) is 6. The fraction of sp³-hybridized carbons (Fsp3) is 0.412. The van der Waals surface area contributed by atoms with Gasteiger partial charge in [0.05, 0.1) is 36.2 Å². The zero-order valence-corrected chi connectivity index (χ0v) is 17.2. The minimum atomic E-state index is 0.460. The van der Waals surface area contributed by atoms with Crippen LogP contribution in [0.3, 0.4) is 0 Å². The van der Waals surface area contributed by atoms with Crippen LogP contribution in [0.1, 0.15) is 30.8 Å². The first-order valence-corrected chi connectivity index (χ1v) is 9.59. The third kappa shape index (κ3) is 4.67. The van der Waals surface area contributed by atoms with Crippen molar-refractivity contribution in [2.45, 2.75) is 47.0 Å². The third-order valence-corrected chi connectivity index (χ3v) is 4.82. The van der Waals surface area contributed by atoms with E-state index in [4.69, 9.17) is 23.8 Å². The summed E-state index contributed by atoms with van der Waals surface area (Å²) in [6.07, 6.45) is 7.35. The zero-order chi connectivity index (χ0) is 19.4. The summed E-state index contributed by atoms with van der Waals surface area (Å²) in [5.41, 5.74) is 3.89. The average Bonchev–Trinajstić information content (AvgIpc) is 3.34. The molecule has 8 nitrogen and oxygen atoms in total. The first-order valence-electron chi connectivity index (χ1n) is 8.80. The van der Waals surface area contributed by atoms with Gasteiger partial charge < -0.3 is 10.6 Å². The van der Waals surface area contributed by atoms with Gasteiger partial charge in [0.15, 0.2) is 5.11 Å². The minimum absolute atomic E-state index is 0.460. The van der Waals surface area contributed by atoms with Crippen LogP contribution in [0, 0.1) is 6.92 Å². The summed E-state index contributed by atoms with van der Waals surface area (Å²) in [7, 11) is 0. The molecule has 0 saturated heterocycles. The van der Waals surface area contributed by atoms with E-state index in [0.717, 1.165) is 35.7 Å². The lowest BCUT2D eigenvalue weighted by Crippen LogP contribution is -2.28. The van der Waals surface area contributed by atoms with Crippen molar-refractivity contribution in [3.05, 3.63) is 46.8 Å². The van der Waals surface area contributed by atoms with E-state index >= 15 is 0 Å². The predicted molar refractivity (Wildman–Crippen MR) is 110 cm³/mol. The van der Waals surface area contributed by atoms with Crippen molar-refractivity contribution in [2.75, 3.05) is 5.32 Å². The van der Waals surface area contributed by atoms with E-state index < -0.39 is 0 Å². The van der Waals surface area contributed by atoms with Crippen LogP contribution in [0.2, 0.25) is 5.02 Å². The standard InChI is InChI=1S/C17H23ClN8S/c1-4-24-11-15(18)16(23-24)8-19-17(27)22-14-7-20-25(10-14)9-13-6-21-26(5-2)12(13)3/h6-7,10-11H,4-5,8-9H2,1-3H3,(H2,19,22,27). The molecule has 0 aliphatic rings. The van der Waals surface area contributed by atoms with E-state index in [1.165, 1.54) is 0 Å². The van der Waals surface area contributed by atoms with Crippen molar-refractivity contribution in [3.8, 4) is 0 Å². The quantitative estimate of drug-likeness (QED) is 0.587. The molecule has 0 atom stereocenters. The normalized spacial score (nSPS) is 11.0. The van der Waals surface area contributed by atoms with Gasteiger partial charge in [0.1, 0.15) is 5.69 Å². The number of hydrogen-bond acceptors (Lipinski definition) is 4. The Morgan fingerprint density at radius 2 is 1.96 bits per heavy atom. The minimum Gasteiger partial charge on any atom is -0.357 e. The summed E-state index contributed by atoms with van der Waals surface area (Å²) in [6.45, 7) is 8.92. The van der Waals surface area contributed by atoms with Gasteiger partial charge in [0.25, 0.3) is 0 Å². The highest BCUT2D eigenvalue weighted by Crippen LogP contribution is 2.14. The number of nitrogens with one attached hydrogen (secondary N) is 2. The Bertz CT molecular complexity index is 925. The maximum Gasteiger partial charge on any atom is 0.171 e. The molecule has 0 aliphatic carbocycles. The number of anilines is 1. The molecule has 2 N–H and O–H groups in total. The van der Waals surface area contributed by atoms with Gasteiger partial charge in [0.2, 0.25) is 0 Å². The summed E-state index contributed by atoms with van der Waals surface area (Å²) in [5.74, 6) is 0. The molecule has 0 aromatic carbocycles. The molecule has 3 heterocycles. The van der Waals surface area contributed by atoms with Gasteiger partial charge >= 0.3 is 0 Å². The van der Waals surface area contributed by atoms with Crippen LogP contribution in [-0.2, 0) is 26.2 Å². The van der Waals surface area contributed by atoms with Crippen LogP contribution in [-0.4, -0.2) is 34.5 Å². The molecule has 0 spiro atoms. The van der Waals surface area contributed by atoms with E-state index in [0.29, 0.717) is 23.2 Å². The van der Waals surface area contributed by atoms with Crippen LogP contribution in [0.25, 0.3) is 0 Å². The first kappa shape index (κ1) is 19.4. The van der Waals surface area contributed by atoms with Gasteiger partial charge in [-0.15, -0.1) is 0 Å². The maximum absolute atomic E-state index is 6.17. The van der Waals surface area contributed by atoms with Crippen molar-refractivity contribution in [2.24, 2.45) is 0 Å². The average molecular weight is 407 g/mol. The Morgan fingerprint density at radius 3 is 2.63 bits per heavy atom. The SMILES string of the molecule is CCn1cc(Cl)c(CNC(=S)Nc2cnn(Cc3cnn(CC)c3C)c2)n1. The molecule has 0 aliphatic heterocycles. The Balaban J connectivity index is 1.54. The highest BCUT2D eigenvalue weighted by molar-refractivity contribution is 7.80. The zero-order valence-electron chi connectivity index (χ0n) is 15.6. The van der Waals surface area contributed by atoms with Crippen molar-refractivity contribution >= 4 is 34.6 Å². The third-order valence-electron chi connectivity index (χ3n) is 4.26. The molecule has 0 saturated carbocycles. The topological polar surface area (TPSA) is 77.5 Å². The fourth-order valence-corrected chi connectivity index (χ4v) is 3.11. The Morgan fingerprint density at radius 1 is 1.15 bits per heavy atom. The van der Waals surface area contributed by atoms with Gasteiger partial charge in [-0.2, -0.15) is 15.3 Å². The summed E-state index contributed by atoms with van der Waals surface area (Å²) in [4.78, 5) is 0. The number of hydrogen-bond donors (Lipinski definition) is 2. The molecule has 0 bridgehead atoms. The molecule has 0 amide bonds. The molecule has 144 valence electrons. The van der Waals surface area contributed by atoms with E-state index in [1.54, 1.807) is 10.9 Å². The van der Waals surface area contributed by atoms with Crippen LogP contribution in [0.5, 0.6) is 0 Å². The van der Waals surface area contributed by atoms with E-state index in [1.807, 2.05) is 34.9 Å². The highest BCUT2D eigenvalue weighted by Gasteiger charge is 2.09. The molecular formula is C17H23ClN8S.